The van der Waals surface area contributed by atoms with E-state index in [1.807, 2.05) is 18.2 Å². The van der Waals surface area contributed by atoms with E-state index >= 15 is 0 Å². The van der Waals surface area contributed by atoms with Gasteiger partial charge in [-0.2, -0.15) is 0 Å². The third-order valence-corrected chi connectivity index (χ3v) is 0.566. The maximum absolute atomic E-state index is 9.00. The van der Waals surface area contributed by atoms with Crippen molar-refractivity contribution in [1.29, 1.82) is 0 Å². The Morgan fingerprint density at radius 2 is 1.64 bits per heavy atom. The average molecular weight is 162 g/mol. The van der Waals surface area contributed by atoms with Crippen LogP contribution in [0.5, 0.6) is 0 Å². The summed E-state index contributed by atoms with van der Waals surface area (Å²) in [6.07, 6.45) is 3.50. The molecule has 0 spiro atoms. The van der Waals surface area contributed by atoms with Crippen LogP contribution in [0.3, 0.4) is 0 Å². The number of rotatable bonds is 0. The molecular formula is C7H9NNaO2. The van der Waals surface area contributed by atoms with E-state index in [1.165, 1.54) is 0 Å². The van der Waals surface area contributed by atoms with Crippen molar-refractivity contribution in [1.82, 2.24) is 4.98 Å². The summed E-state index contributed by atoms with van der Waals surface area (Å²) in [5, 5.41) is 7.42. The predicted molar refractivity (Wildman–Crippen MR) is 43.3 cm³/mol. The van der Waals surface area contributed by atoms with Crippen molar-refractivity contribution in [3.8, 4) is 0 Å². The van der Waals surface area contributed by atoms with E-state index in [-0.39, 0.29) is 29.6 Å². The quantitative estimate of drug-likeness (QED) is 0.574. The second kappa shape index (κ2) is 9.62. The predicted octanol–water partition coefficient (Wildman–Crippen LogP) is 0.792. The molecule has 0 aromatic carbocycles. The first-order valence-corrected chi connectivity index (χ1v) is 2.78. The molecule has 0 aliphatic rings. The first-order chi connectivity index (χ1) is 4.73. The summed E-state index contributed by atoms with van der Waals surface area (Å²) < 4.78 is 0. The van der Waals surface area contributed by atoms with Gasteiger partial charge in [-0.1, -0.05) is 6.07 Å². The van der Waals surface area contributed by atoms with Crippen LogP contribution in [0.1, 0.15) is 6.92 Å². The Hall–Kier alpha value is -0.380. The van der Waals surface area contributed by atoms with Crippen LogP contribution >= 0.6 is 0 Å². The molecule has 1 rings (SSSR count). The number of hydrogen-bond acceptors (Lipinski definition) is 2. The van der Waals surface area contributed by atoms with Crippen LogP contribution in [0.2, 0.25) is 0 Å². The summed E-state index contributed by atoms with van der Waals surface area (Å²) in [6, 6.07) is 5.72. The number of carboxylic acid groups (broad SMARTS) is 1. The Labute approximate surface area is 87.8 Å². The van der Waals surface area contributed by atoms with Gasteiger partial charge >= 0.3 is 0 Å². The van der Waals surface area contributed by atoms with Crippen molar-refractivity contribution in [3.63, 3.8) is 0 Å². The first-order valence-electron chi connectivity index (χ1n) is 2.78. The van der Waals surface area contributed by atoms with Crippen molar-refractivity contribution < 1.29 is 9.90 Å². The molecule has 3 nitrogen and oxygen atoms in total. The molecule has 4 heteroatoms. The summed E-state index contributed by atoms with van der Waals surface area (Å²) in [6.45, 7) is 1.08. The van der Waals surface area contributed by atoms with Gasteiger partial charge < -0.3 is 5.11 Å². The monoisotopic (exact) mass is 162 g/mol. The molecular weight excluding hydrogens is 153 g/mol. The van der Waals surface area contributed by atoms with Gasteiger partial charge in [0.1, 0.15) is 0 Å². The van der Waals surface area contributed by atoms with E-state index < -0.39 is 5.97 Å². The number of nitrogens with zero attached hydrogens (tertiary/aromatic N) is 1. The van der Waals surface area contributed by atoms with Crippen molar-refractivity contribution in [3.05, 3.63) is 30.6 Å². The maximum atomic E-state index is 9.00. The summed E-state index contributed by atoms with van der Waals surface area (Å²) in [7, 11) is 0. The number of carboxylic acids is 1. The third kappa shape index (κ3) is 17.7. The van der Waals surface area contributed by atoms with Crippen molar-refractivity contribution in [2.24, 2.45) is 0 Å². The van der Waals surface area contributed by atoms with Crippen LogP contribution in [-0.4, -0.2) is 45.6 Å². The van der Waals surface area contributed by atoms with Crippen LogP contribution < -0.4 is 0 Å². The number of aromatic nitrogens is 1. The van der Waals surface area contributed by atoms with E-state index in [0.717, 1.165) is 6.92 Å². The Morgan fingerprint density at radius 1 is 1.27 bits per heavy atom. The normalized spacial score (nSPS) is 6.64. The van der Waals surface area contributed by atoms with Crippen LogP contribution in [-0.2, 0) is 4.79 Å². The second-order valence-electron chi connectivity index (χ2n) is 1.54. The fourth-order valence-electron chi connectivity index (χ4n) is 0.313. The Morgan fingerprint density at radius 3 is 1.73 bits per heavy atom. The fraction of sp³-hybridized carbons (Fsp3) is 0.143. The molecule has 1 aromatic rings. The minimum atomic E-state index is -0.833. The fourth-order valence-corrected chi connectivity index (χ4v) is 0.313. The molecule has 0 amide bonds. The van der Waals surface area contributed by atoms with Gasteiger partial charge in [-0.15, -0.1) is 0 Å². The zero-order valence-corrected chi connectivity index (χ0v) is 8.69. The third-order valence-electron chi connectivity index (χ3n) is 0.566. The Kier molecular flexibility index (Phi) is 11.6. The molecule has 0 aliphatic heterocycles. The maximum Gasteiger partial charge on any atom is 0.300 e. The molecule has 0 saturated carbocycles. The Bertz CT molecular complexity index is 148. The van der Waals surface area contributed by atoms with Crippen molar-refractivity contribution in [2.45, 2.75) is 6.92 Å². The van der Waals surface area contributed by atoms with Gasteiger partial charge in [-0.25, -0.2) is 0 Å². The van der Waals surface area contributed by atoms with Gasteiger partial charge in [-0.3, -0.25) is 9.78 Å². The number of aliphatic carboxylic acids is 1. The van der Waals surface area contributed by atoms with Gasteiger partial charge in [-0.05, 0) is 12.1 Å². The summed E-state index contributed by atoms with van der Waals surface area (Å²) in [4.78, 5) is 12.8. The smallest absolute Gasteiger partial charge is 0.300 e. The molecule has 0 saturated heterocycles. The van der Waals surface area contributed by atoms with Gasteiger partial charge in [0.05, 0.1) is 0 Å². The second-order valence-corrected chi connectivity index (χ2v) is 1.54. The standard InChI is InChI=1S/C5H5N.C2H4O2.Na/c1-2-4-6-5-3-1;1-2(3)4;/h1-5H;1H3,(H,3,4);. The van der Waals surface area contributed by atoms with Crippen LogP contribution in [0, 0.1) is 0 Å². The molecule has 0 fully saturated rings. The minimum absolute atomic E-state index is 0. The molecule has 1 aromatic heterocycles. The molecule has 0 bridgehead atoms. The molecule has 0 aliphatic carbocycles. The SMILES string of the molecule is CC(=O)O.[Na].c1ccncc1. The largest absolute Gasteiger partial charge is 0.481 e. The zero-order chi connectivity index (χ0) is 7.82. The molecule has 11 heavy (non-hydrogen) atoms. The van der Waals surface area contributed by atoms with Crippen LogP contribution in [0.15, 0.2) is 30.6 Å². The molecule has 1 N–H and O–H groups in total. The van der Waals surface area contributed by atoms with E-state index in [9.17, 15) is 0 Å². The molecule has 1 heterocycles. The van der Waals surface area contributed by atoms with Crippen molar-refractivity contribution >= 4 is 35.5 Å². The number of carbonyl (C=O) groups is 1. The average Bonchev–Trinajstić information content (AvgIpc) is 1.90. The van der Waals surface area contributed by atoms with E-state index in [1.54, 1.807) is 12.4 Å². The van der Waals surface area contributed by atoms with Crippen LogP contribution in [0.25, 0.3) is 0 Å². The summed E-state index contributed by atoms with van der Waals surface area (Å²) in [5.74, 6) is -0.833. The van der Waals surface area contributed by atoms with Crippen molar-refractivity contribution in [2.75, 3.05) is 0 Å². The molecule has 0 atom stereocenters. The summed E-state index contributed by atoms with van der Waals surface area (Å²) in [5.41, 5.74) is 0. The Balaban J connectivity index is 0. The number of pyridine rings is 1. The van der Waals surface area contributed by atoms with Crippen LogP contribution in [0.4, 0.5) is 0 Å². The first kappa shape index (κ1) is 13.2. The van der Waals surface area contributed by atoms with Gasteiger partial charge in [0.15, 0.2) is 0 Å². The summed E-state index contributed by atoms with van der Waals surface area (Å²) >= 11 is 0. The van der Waals surface area contributed by atoms with Gasteiger partial charge in [0.2, 0.25) is 0 Å². The van der Waals surface area contributed by atoms with E-state index in [0.29, 0.717) is 0 Å². The van der Waals surface area contributed by atoms with E-state index in [4.69, 9.17) is 9.90 Å². The van der Waals surface area contributed by atoms with Gasteiger partial charge in [0, 0.05) is 48.9 Å². The molecule has 55 valence electrons. The van der Waals surface area contributed by atoms with E-state index in [2.05, 4.69) is 4.98 Å². The molecule has 1 radical (unpaired) electrons. The number of hydrogen-bond donors (Lipinski definition) is 1. The zero-order valence-electron chi connectivity index (χ0n) is 6.69. The minimum Gasteiger partial charge on any atom is -0.481 e. The molecule has 0 unspecified atom stereocenters. The topological polar surface area (TPSA) is 50.2 Å². The van der Waals surface area contributed by atoms with Gasteiger partial charge in [0.25, 0.3) is 5.97 Å².